The summed E-state index contributed by atoms with van der Waals surface area (Å²) in [6.07, 6.45) is -3.10. The van der Waals surface area contributed by atoms with Gasteiger partial charge in [-0.1, -0.05) is 12.1 Å². The number of carbonyl (C=O) groups is 1. The minimum Gasteiger partial charge on any atom is -0.496 e. The summed E-state index contributed by atoms with van der Waals surface area (Å²) >= 11 is 0. The lowest BCUT2D eigenvalue weighted by molar-refractivity contribution is -0.131. The van der Waals surface area contributed by atoms with Crippen molar-refractivity contribution >= 4 is 5.91 Å². The summed E-state index contributed by atoms with van der Waals surface area (Å²) in [6, 6.07) is 4.44. The Hall–Kier alpha value is -1.63. The van der Waals surface area contributed by atoms with Crippen LogP contribution < -0.4 is 10.5 Å². The number of amides is 1. The first-order chi connectivity index (χ1) is 8.01. The maximum atomic E-state index is 10.7. The molecule has 0 aliphatic heterocycles. The SMILES string of the molecule is COc1cc(C(O)C(O)C(N)=O)ccc1CO. The number of hydrogen-bond donors (Lipinski definition) is 4. The molecule has 1 aromatic carbocycles. The molecular weight excluding hydrogens is 226 g/mol. The smallest absolute Gasteiger partial charge is 0.249 e. The number of aliphatic hydroxyl groups is 3. The van der Waals surface area contributed by atoms with E-state index < -0.39 is 18.1 Å². The molecule has 0 bridgehead atoms. The summed E-state index contributed by atoms with van der Waals surface area (Å²) < 4.78 is 5.00. The van der Waals surface area contributed by atoms with E-state index in [-0.39, 0.29) is 12.2 Å². The van der Waals surface area contributed by atoms with Gasteiger partial charge in [-0.2, -0.15) is 0 Å². The second kappa shape index (κ2) is 5.62. The van der Waals surface area contributed by atoms with Gasteiger partial charge < -0.3 is 25.8 Å². The quantitative estimate of drug-likeness (QED) is 0.532. The molecule has 0 radical (unpaired) electrons. The molecular formula is C11H15NO5. The molecule has 6 heteroatoms. The Kier molecular flexibility index (Phi) is 4.45. The van der Waals surface area contributed by atoms with Gasteiger partial charge in [0.05, 0.1) is 13.7 Å². The van der Waals surface area contributed by atoms with Crippen LogP contribution in [0.25, 0.3) is 0 Å². The highest BCUT2D eigenvalue weighted by atomic mass is 16.5. The Labute approximate surface area is 98.3 Å². The molecule has 0 saturated carbocycles. The van der Waals surface area contributed by atoms with Gasteiger partial charge in [-0.15, -0.1) is 0 Å². The number of hydrogen-bond acceptors (Lipinski definition) is 5. The predicted molar refractivity (Wildman–Crippen MR) is 59.1 cm³/mol. The van der Waals surface area contributed by atoms with E-state index in [1.165, 1.54) is 25.3 Å². The largest absolute Gasteiger partial charge is 0.496 e. The van der Waals surface area contributed by atoms with Gasteiger partial charge in [0.1, 0.15) is 11.9 Å². The van der Waals surface area contributed by atoms with Gasteiger partial charge in [0.2, 0.25) is 5.91 Å². The van der Waals surface area contributed by atoms with Crippen molar-refractivity contribution in [3.05, 3.63) is 29.3 Å². The van der Waals surface area contributed by atoms with Crippen LogP contribution in [0.4, 0.5) is 0 Å². The first-order valence-corrected chi connectivity index (χ1v) is 4.94. The van der Waals surface area contributed by atoms with E-state index in [0.717, 1.165) is 0 Å². The minimum atomic E-state index is -1.68. The van der Waals surface area contributed by atoms with E-state index in [2.05, 4.69) is 0 Å². The molecule has 0 aliphatic carbocycles. The second-order valence-corrected chi connectivity index (χ2v) is 3.52. The van der Waals surface area contributed by atoms with Crippen molar-refractivity contribution in [3.8, 4) is 5.75 Å². The number of primary amides is 1. The normalized spacial score (nSPS) is 14.1. The van der Waals surface area contributed by atoms with E-state index in [1.807, 2.05) is 0 Å². The predicted octanol–water partition coefficient (Wildman–Crippen LogP) is -0.933. The number of benzene rings is 1. The highest BCUT2D eigenvalue weighted by Gasteiger charge is 2.24. The van der Waals surface area contributed by atoms with Crippen LogP contribution in [0, 0.1) is 0 Å². The Morgan fingerprint density at radius 3 is 2.59 bits per heavy atom. The van der Waals surface area contributed by atoms with Gasteiger partial charge in [0, 0.05) is 5.56 Å². The zero-order chi connectivity index (χ0) is 13.0. The molecule has 0 aliphatic rings. The average molecular weight is 241 g/mol. The molecule has 94 valence electrons. The molecule has 0 spiro atoms. The van der Waals surface area contributed by atoms with Crippen molar-refractivity contribution in [1.29, 1.82) is 0 Å². The first-order valence-electron chi connectivity index (χ1n) is 4.94. The minimum absolute atomic E-state index is 0.210. The van der Waals surface area contributed by atoms with Gasteiger partial charge in [-0.25, -0.2) is 0 Å². The third kappa shape index (κ3) is 2.94. The number of aliphatic hydroxyl groups excluding tert-OH is 3. The number of nitrogens with two attached hydrogens (primary N) is 1. The molecule has 0 saturated heterocycles. The zero-order valence-electron chi connectivity index (χ0n) is 9.33. The molecule has 1 aromatic rings. The van der Waals surface area contributed by atoms with Crippen LogP contribution in [0.5, 0.6) is 5.75 Å². The molecule has 2 unspecified atom stereocenters. The molecule has 17 heavy (non-hydrogen) atoms. The second-order valence-electron chi connectivity index (χ2n) is 3.52. The lowest BCUT2D eigenvalue weighted by atomic mass is 10.0. The molecule has 6 nitrogen and oxygen atoms in total. The average Bonchev–Trinajstić information content (AvgIpc) is 2.35. The lowest BCUT2D eigenvalue weighted by Gasteiger charge is -2.16. The Balaban J connectivity index is 3.03. The summed E-state index contributed by atoms with van der Waals surface area (Å²) in [7, 11) is 1.41. The lowest BCUT2D eigenvalue weighted by Crippen LogP contribution is -2.33. The van der Waals surface area contributed by atoms with Crippen LogP contribution in [0.2, 0.25) is 0 Å². The van der Waals surface area contributed by atoms with Crippen molar-refractivity contribution in [2.75, 3.05) is 7.11 Å². The van der Waals surface area contributed by atoms with E-state index in [9.17, 15) is 15.0 Å². The Morgan fingerprint density at radius 1 is 1.47 bits per heavy atom. The number of ether oxygens (including phenoxy) is 1. The molecule has 0 heterocycles. The molecule has 0 aromatic heterocycles. The van der Waals surface area contributed by atoms with Gasteiger partial charge in [-0.05, 0) is 11.6 Å². The van der Waals surface area contributed by atoms with Crippen molar-refractivity contribution < 1.29 is 24.9 Å². The fourth-order valence-electron chi connectivity index (χ4n) is 1.41. The van der Waals surface area contributed by atoms with Crippen LogP contribution in [0.3, 0.4) is 0 Å². The van der Waals surface area contributed by atoms with Crippen molar-refractivity contribution in [1.82, 2.24) is 0 Å². The monoisotopic (exact) mass is 241 g/mol. The first kappa shape index (κ1) is 13.4. The summed E-state index contributed by atoms with van der Waals surface area (Å²) in [5, 5.41) is 28.0. The Morgan fingerprint density at radius 2 is 2.12 bits per heavy atom. The fourth-order valence-corrected chi connectivity index (χ4v) is 1.41. The summed E-state index contributed by atoms with van der Waals surface area (Å²) in [5.41, 5.74) is 5.70. The molecule has 2 atom stereocenters. The maximum Gasteiger partial charge on any atom is 0.249 e. The third-order valence-electron chi connectivity index (χ3n) is 2.41. The van der Waals surface area contributed by atoms with Crippen LogP contribution in [0.15, 0.2) is 18.2 Å². The highest BCUT2D eigenvalue weighted by molar-refractivity contribution is 5.79. The highest BCUT2D eigenvalue weighted by Crippen LogP contribution is 2.25. The van der Waals surface area contributed by atoms with Gasteiger partial charge in [0.15, 0.2) is 6.10 Å². The van der Waals surface area contributed by atoms with Crippen LogP contribution in [-0.2, 0) is 11.4 Å². The summed E-state index contributed by atoms with van der Waals surface area (Å²) in [4.78, 5) is 10.7. The van der Waals surface area contributed by atoms with Crippen LogP contribution in [-0.4, -0.2) is 34.4 Å². The van der Waals surface area contributed by atoms with E-state index in [0.29, 0.717) is 11.3 Å². The van der Waals surface area contributed by atoms with Crippen LogP contribution in [0.1, 0.15) is 17.2 Å². The van der Waals surface area contributed by atoms with Gasteiger partial charge in [-0.3, -0.25) is 4.79 Å². The van der Waals surface area contributed by atoms with E-state index >= 15 is 0 Å². The topological polar surface area (TPSA) is 113 Å². The van der Waals surface area contributed by atoms with Crippen molar-refractivity contribution in [3.63, 3.8) is 0 Å². The molecule has 0 fully saturated rings. The fraction of sp³-hybridized carbons (Fsp3) is 0.364. The molecule has 5 N–H and O–H groups in total. The third-order valence-corrected chi connectivity index (χ3v) is 2.41. The van der Waals surface area contributed by atoms with Crippen molar-refractivity contribution in [2.45, 2.75) is 18.8 Å². The number of rotatable bonds is 5. The zero-order valence-corrected chi connectivity index (χ0v) is 9.33. The van der Waals surface area contributed by atoms with E-state index in [4.69, 9.17) is 15.6 Å². The van der Waals surface area contributed by atoms with Crippen LogP contribution >= 0.6 is 0 Å². The summed E-state index contributed by atoms with van der Waals surface area (Å²) in [6.45, 7) is -0.210. The molecule has 1 rings (SSSR count). The van der Waals surface area contributed by atoms with E-state index in [1.54, 1.807) is 0 Å². The Bertz CT molecular complexity index is 407. The van der Waals surface area contributed by atoms with Crippen molar-refractivity contribution in [2.24, 2.45) is 5.73 Å². The standard InChI is InChI=1S/C11H15NO5/c1-17-8-4-6(2-3-7(8)5-13)9(14)10(15)11(12)16/h2-4,9-10,13-15H,5H2,1H3,(H2,12,16). The van der Waals surface area contributed by atoms with Gasteiger partial charge in [0.25, 0.3) is 0 Å². The molecule has 1 amide bonds. The van der Waals surface area contributed by atoms with Gasteiger partial charge >= 0.3 is 0 Å². The number of methoxy groups -OCH3 is 1. The summed E-state index contributed by atoms with van der Waals surface area (Å²) in [5.74, 6) is -0.650. The maximum absolute atomic E-state index is 10.7. The number of carbonyl (C=O) groups excluding carboxylic acids is 1.